The van der Waals surface area contributed by atoms with E-state index in [1.165, 1.54) is 16.8 Å². The predicted molar refractivity (Wildman–Crippen MR) is 147 cm³/mol. The molecule has 5 rings (SSSR count). The Morgan fingerprint density at radius 1 is 1.08 bits per heavy atom. The third kappa shape index (κ3) is 6.15. The van der Waals surface area contributed by atoms with Crippen LogP contribution in [0.5, 0.6) is 0 Å². The Morgan fingerprint density at radius 2 is 1.85 bits per heavy atom. The maximum absolute atomic E-state index is 14.2. The van der Waals surface area contributed by atoms with Crippen LogP contribution in [0.4, 0.5) is 27.3 Å². The van der Waals surface area contributed by atoms with Crippen LogP contribution in [0, 0.1) is 5.82 Å². The highest BCUT2D eigenvalue weighted by Gasteiger charge is 2.22. The lowest BCUT2D eigenvalue weighted by Gasteiger charge is -2.27. The molecule has 5 N–H and O–H groups in total. The van der Waals surface area contributed by atoms with Crippen LogP contribution in [0.25, 0.3) is 5.65 Å². The van der Waals surface area contributed by atoms with Crippen LogP contribution in [0.2, 0.25) is 0 Å². The molecule has 0 bridgehead atoms. The van der Waals surface area contributed by atoms with Gasteiger partial charge in [-0.2, -0.15) is 0 Å². The van der Waals surface area contributed by atoms with Crippen molar-refractivity contribution in [2.75, 3.05) is 22.6 Å². The standard InChI is InChI=1S/C28H30FN7O3/c1-2-39-28(38)17-12-18(29)14-22(13-17)34-27(37)24-16-31-26-23(32-20-6-4-3-5-7-20)15-25(35-36(24)26)33-21-10-8-19(30)9-11-21/h3-7,12-16,19,21,32H,2,8-11,30H2,1H3,(H,33,35)(H,34,37). The van der Waals surface area contributed by atoms with Crippen molar-refractivity contribution in [1.82, 2.24) is 14.6 Å². The molecule has 2 heterocycles. The molecule has 0 atom stereocenters. The summed E-state index contributed by atoms with van der Waals surface area (Å²) in [6, 6.07) is 15.4. The Hall–Kier alpha value is -4.51. The average molecular weight is 532 g/mol. The van der Waals surface area contributed by atoms with Gasteiger partial charge in [0.25, 0.3) is 5.91 Å². The number of nitrogens with zero attached hydrogens (tertiary/aromatic N) is 3. The number of nitrogens with two attached hydrogens (primary N) is 1. The van der Waals surface area contributed by atoms with Crippen molar-refractivity contribution in [3.8, 4) is 0 Å². The summed E-state index contributed by atoms with van der Waals surface area (Å²) in [5, 5.41) is 14.1. The molecule has 202 valence electrons. The van der Waals surface area contributed by atoms with Gasteiger partial charge < -0.3 is 26.4 Å². The van der Waals surface area contributed by atoms with E-state index < -0.39 is 17.7 Å². The van der Waals surface area contributed by atoms with Gasteiger partial charge in [-0.05, 0) is 62.9 Å². The minimum absolute atomic E-state index is 0.00329. The SMILES string of the molecule is CCOC(=O)c1cc(F)cc(NC(=O)c2cnc3c(Nc4ccccc4)cc(NC4CCC(N)CC4)nn23)c1. The molecule has 1 amide bonds. The Kier molecular flexibility index (Phi) is 7.69. The third-order valence-corrected chi connectivity index (χ3v) is 6.54. The second-order valence-electron chi connectivity index (χ2n) is 9.47. The van der Waals surface area contributed by atoms with Gasteiger partial charge in [0.2, 0.25) is 0 Å². The fourth-order valence-electron chi connectivity index (χ4n) is 4.62. The number of para-hydroxylation sites is 1. The summed E-state index contributed by atoms with van der Waals surface area (Å²) in [6.45, 7) is 1.80. The number of halogens is 1. The predicted octanol–water partition coefficient (Wildman–Crippen LogP) is 4.72. The number of ether oxygens (including phenoxy) is 1. The van der Waals surface area contributed by atoms with Crippen LogP contribution in [0.15, 0.2) is 60.8 Å². The van der Waals surface area contributed by atoms with Gasteiger partial charge in [0.05, 0.1) is 24.1 Å². The number of benzene rings is 2. The number of esters is 1. The molecule has 2 aromatic heterocycles. The molecule has 0 saturated heterocycles. The first-order valence-electron chi connectivity index (χ1n) is 12.9. The van der Waals surface area contributed by atoms with E-state index in [0.717, 1.165) is 43.5 Å². The lowest BCUT2D eigenvalue weighted by Crippen LogP contribution is -2.33. The molecule has 10 nitrogen and oxygen atoms in total. The number of hydrogen-bond acceptors (Lipinski definition) is 8. The van der Waals surface area contributed by atoms with Gasteiger partial charge >= 0.3 is 5.97 Å². The Morgan fingerprint density at radius 3 is 2.59 bits per heavy atom. The minimum Gasteiger partial charge on any atom is -0.462 e. The fourth-order valence-corrected chi connectivity index (χ4v) is 4.62. The highest BCUT2D eigenvalue weighted by atomic mass is 19.1. The molecule has 1 aliphatic rings. The molecule has 1 fully saturated rings. The van der Waals surface area contributed by atoms with Gasteiger partial charge in [-0.1, -0.05) is 18.2 Å². The first-order valence-corrected chi connectivity index (χ1v) is 12.9. The highest BCUT2D eigenvalue weighted by Crippen LogP contribution is 2.27. The average Bonchev–Trinajstić information content (AvgIpc) is 3.35. The number of carbonyl (C=O) groups is 2. The van der Waals surface area contributed by atoms with E-state index in [2.05, 4.69) is 26.0 Å². The number of anilines is 4. The highest BCUT2D eigenvalue weighted by molar-refractivity contribution is 6.04. The maximum Gasteiger partial charge on any atom is 0.338 e. The molecular formula is C28H30FN7O3. The van der Waals surface area contributed by atoms with Crippen molar-refractivity contribution in [2.24, 2.45) is 5.73 Å². The Balaban J connectivity index is 1.47. The molecule has 2 aromatic carbocycles. The lowest BCUT2D eigenvalue weighted by atomic mass is 9.92. The monoisotopic (exact) mass is 531 g/mol. The lowest BCUT2D eigenvalue weighted by molar-refractivity contribution is 0.0525. The summed E-state index contributed by atoms with van der Waals surface area (Å²) >= 11 is 0. The summed E-state index contributed by atoms with van der Waals surface area (Å²) in [7, 11) is 0. The number of amides is 1. The van der Waals surface area contributed by atoms with Crippen LogP contribution in [-0.2, 0) is 4.74 Å². The van der Waals surface area contributed by atoms with E-state index in [1.807, 2.05) is 36.4 Å². The normalized spacial score (nSPS) is 17.0. The molecule has 1 aliphatic carbocycles. The molecule has 39 heavy (non-hydrogen) atoms. The smallest absolute Gasteiger partial charge is 0.338 e. The molecule has 0 spiro atoms. The van der Waals surface area contributed by atoms with Crippen molar-refractivity contribution in [3.05, 3.63) is 77.9 Å². The third-order valence-electron chi connectivity index (χ3n) is 6.54. The van der Waals surface area contributed by atoms with Crippen LogP contribution in [-0.4, -0.2) is 45.2 Å². The molecule has 0 aliphatic heterocycles. The Bertz CT molecular complexity index is 1480. The van der Waals surface area contributed by atoms with E-state index >= 15 is 0 Å². The number of rotatable bonds is 8. The molecular weight excluding hydrogens is 501 g/mol. The number of fused-ring (bicyclic) bond motifs is 1. The topological polar surface area (TPSA) is 136 Å². The zero-order valence-corrected chi connectivity index (χ0v) is 21.5. The van der Waals surface area contributed by atoms with E-state index in [1.54, 1.807) is 6.92 Å². The molecule has 4 aromatic rings. The summed E-state index contributed by atoms with van der Waals surface area (Å²) < 4.78 is 20.6. The summed E-state index contributed by atoms with van der Waals surface area (Å²) in [6.07, 6.45) is 5.09. The van der Waals surface area contributed by atoms with Crippen molar-refractivity contribution in [2.45, 2.75) is 44.7 Å². The molecule has 0 radical (unpaired) electrons. The van der Waals surface area contributed by atoms with Gasteiger partial charge in [-0.3, -0.25) is 4.79 Å². The van der Waals surface area contributed by atoms with Gasteiger partial charge in [0.1, 0.15) is 11.6 Å². The second-order valence-corrected chi connectivity index (χ2v) is 9.47. The van der Waals surface area contributed by atoms with Crippen molar-refractivity contribution >= 4 is 40.4 Å². The fraction of sp³-hybridized carbons (Fsp3) is 0.286. The Labute approximate surface area is 224 Å². The zero-order chi connectivity index (χ0) is 27.4. The van der Waals surface area contributed by atoms with E-state index in [9.17, 15) is 14.0 Å². The molecule has 0 unspecified atom stereocenters. The van der Waals surface area contributed by atoms with Crippen molar-refractivity contribution in [1.29, 1.82) is 0 Å². The van der Waals surface area contributed by atoms with E-state index in [0.29, 0.717) is 17.2 Å². The van der Waals surface area contributed by atoms with Crippen molar-refractivity contribution < 1.29 is 18.7 Å². The minimum atomic E-state index is -0.681. The molecule has 11 heteroatoms. The molecule has 1 saturated carbocycles. The number of imidazole rings is 1. The van der Waals surface area contributed by atoms with Crippen LogP contribution in [0.3, 0.4) is 0 Å². The van der Waals surface area contributed by atoms with Gasteiger partial charge in [-0.15, -0.1) is 5.10 Å². The van der Waals surface area contributed by atoms with Crippen molar-refractivity contribution in [3.63, 3.8) is 0 Å². The van der Waals surface area contributed by atoms with Crippen LogP contribution in [0.1, 0.15) is 53.5 Å². The summed E-state index contributed by atoms with van der Waals surface area (Å²) in [5.74, 6) is -1.36. The number of carbonyl (C=O) groups excluding carboxylic acids is 2. The first-order chi connectivity index (χ1) is 18.9. The summed E-state index contributed by atoms with van der Waals surface area (Å²) in [5.41, 5.74) is 8.24. The zero-order valence-electron chi connectivity index (χ0n) is 21.5. The van der Waals surface area contributed by atoms with Gasteiger partial charge in [0.15, 0.2) is 11.3 Å². The van der Waals surface area contributed by atoms with E-state index in [-0.39, 0.29) is 35.6 Å². The maximum atomic E-state index is 14.2. The van der Waals surface area contributed by atoms with Crippen LogP contribution < -0.4 is 21.7 Å². The van der Waals surface area contributed by atoms with Gasteiger partial charge in [0, 0.05) is 29.5 Å². The number of aromatic nitrogens is 3. The largest absolute Gasteiger partial charge is 0.462 e. The number of nitrogens with one attached hydrogen (secondary N) is 3. The quantitative estimate of drug-likeness (QED) is 0.240. The summed E-state index contributed by atoms with van der Waals surface area (Å²) in [4.78, 5) is 29.9. The van der Waals surface area contributed by atoms with Gasteiger partial charge in [-0.25, -0.2) is 18.7 Å². The second kappa shape index (κ2) is 11.5. The number of hydrogen-bond donors (Lipinski definition) is 4. The van der Waals surface area contributed by atoms with Crippen LogP contribution >= 0.6 is 0 Å². The van der Waals surface area contributed by atoms with E-state index in [4.69, 9.17) is 10.5 Å². The first kappa shape index (κ1) is 26.1.